The zero-order valence-electron chi connectivity index (χ0n) is 18.5. The molecule has 0 aliphatic carbocycles. The van der Waals surface area contributed by atoms with E-state index in [-0.39, 0.29) is 35.7 Å². The molecule has 28 heavy (non-hydrogen) atoms. The molecule has 0 rings (SSSR count). The van der Waals surface area contributed by atoms with Crippen molar-refractivity contribution in [3.8, 4) is 0 Å². The molecular weight excluding hydrogens is 393 g/mol. The molecule has 0 aliphatic heterocycles. The van der Waals surface area contributed by atoms with Gasteiger partial charge >= 0.3 is 29.6 Å². The normalized spacial score (nSPS) is 13.2. The molecule has 9 heteroatoms. The second-order valence-electron chi connectivity index (χ2n) is 7.04. The summed E-state index contributed by atoms with van der Waals surface area (Å²) in [6.45, 7) is 5.36. The Labute approximate surface area is 195 Å². The molecule has 0 aromatic heterocycles. The molecule has 0 radical (unpaired) electrons. The Morgan fingerprint density at radius 1 is 0.964 bits per heavy atom. The third-order valence-corrected chi connectivity index (χ3v) is 4.73. The summed E-state index contributed by atoms with van der Waals surface area (Å²) in [5.41, 5.74) is 0. The van der Waals surface area contributed by atoms with Crippen molar-refractivity contribution < 1.29 is 57.5 Å². The average molecular weight is 436 g/mol. The van der Waals surface area contributed by atoms with Gasteiger partial charge in [-0.25, -0.2) is 8.42 Å². The van der Waals surface area contributed by atoms with Crippen molar-refractivity contribution in [2.45, 2.75) is 90.3 Å². The van der Waals surface area contributed by atoms with Gasteiger partial charge in [0.25, 0.3) is 0 Å². The monoisotopic (exact) mass is 435 g/mol. The van der Waals surface area contributed by atoms with E-state index in [0.29, 0.717) is 13.2 Å². The summed E-state index contributed by atoms with van der Waals surface area (Å²) in [5.74, 6) is -0.701. The number of likely N-dealkylation sites (N-methyl/N-ethyl adjacent to an activating group) is 1. The summed E-state index contributed by atoms with van der Waals surface area (Å²) in [6, 6.07) is 0. The van der Waals surface area contributed by atoms with Gasteiger partial charge in [-0.1, -0.05) is 64.7 Å². The molecule has 0 bridgehead atoms. The Hall–Kier alpha value is 0.750. The van der Waals surface area contributed by atoms with Crippen LogP contribution >= 0.6 is 0 Å². The summed E-state index contributed by atoms with van der Waals surface area (Å²) < 4.78 is 34.6. The molecule has 0 aromatic rings. The molecule has 3 N–H and O–H groups in total. The van der Waals surface area contributed by atoms with Crippen molar-refractivity contribution in [2.24, 2.45) is 0 Å². The number of hydrogen-bond acceptors (Lipinski definition) is 7. The Morgan fingerprint density at radius 3 is 1.79 bits per heavy atom. The van der Waals surface area contributed by atoms with Gasteiger partial charge in [0.2, 0.25) is 0 Å². The molecule has 2 atom stereocenters. The van der Waals surface area contributed by atoms with E-state index in [1.807, 2.05) is 7.05 Å². The second-order valence-corrected chi connectivity index (χ2v) is 8.49. The second kappa shape index (κ2) is 24.0. The van der Waals surface area contributed by atoms with Crippen LogP contribution in [0.3, 0.4) is 0 Å². The van der Waals surface area contributed by atoms with Crippen LogP contribution in [-0.2, 0) is 14.9 Å². The summed E-state index contributed by atoms with van der Waals surface area (Å²) in [7, 11) is -2.38. The van der Waals surface area contributed by atoms with E-state index in [4.69, 9.17) is 9.84 Å². The van der Waals surface area contributed by atoms with E-state index >= 15 is 0 Å². The van der Waals surface area contributed by atoms with E-state index in [1.54, 1.807) is 0 Å². The third-order valence-electron chi connectivity index (χ3n) is 3.84. The molecule has 0 saturated carbocycles. The first-order valence-corrected chi connectivity index (χ1v) is 11.8. The molecule has 0 spiro atoms. The topological polar surface area (TPSA) is 119 Å². The molecule has 0 amide bonds. The largest absolute Gasteiger partial charge is 1.00 e. The zero-order chi connectivity index (χ0) is 21.0. The first-order chi connectivity index (χ1) is 12.7. The molecule has 0 saturated heterocycles. The van der Waals surface area contributed by atoms with Crippen LogP contribution in [0.15, 0.2) is 0 Å². The van der Waals surface area contributed by atoms with Gasteiger partial charge < -0.3 is 24.8 Å². The van der Waals surface area contributed by atoms with E-state index in [9.17, 15) is 18.1 Å². The molecular formula is C19H42NNaO6S. The molecule has 7 nitrogen and oxygen atoms in total. The molecule has 0 fully saturated rings. The Bertz CT molecular complexity index is 396. The van der Waals surface area contributed by atoms with Crippen LogP contribution in [0, 0.1) is 0 Å². The minimum atomic E-state index is -4.22. The van der Waals surface area contributed by atoms with Crippen molar-refractivity contribution in [3.05, 3.63) is 0 Å². The number of ether oxygens (including phenoxy) is 1. The molecule has 0 heterocycles. The number of unbranched alkanes of at least 4 members (excludes halogenated alkanes) is 9. The minimum Gasteiger partial charge on any atom is -0.748 e. The van der Waals surface area contributed by atoms with Crippen molar-refractivity contribution in [2.75, 3.05) is 32.6 Å². The maximum absolute atomic E-state index is 9.73. The van der Waals surface area contributed by atoms with Crippen LogP contribution in [0.2, 0.25) is 0 Å². The van der Waals surface area contributed by atoms with Gasteiger partial charge in [-0.05, 0) is 20.4 Å². The standard InChI is InChI=1S/C16H35NO2.C3H8O4S.Na/c1-3-4-5-6-7-8-9-10-11-12-13-19-15-16(18)14-17-2;1-3(4)2-8(5,6)7;/h16-18H,3-15H2,1-2H3;3-4H,2H2,1H3,(H,5,6,7);/q;;+1/p-1. The molecule has 2 unspecified atom stereocenters. The van der Waals surface area contributed by atoms with E-state index in [1.165, 1.54) is 64.7 Å². The molecule has 166 valence electrons. The number of hydrogen-bond donors (Lipinski definition) is 3. The predicted molar refractivity (Wildman–Crippen MR) is 109 cm³/mol. The summed E-state index contributed by atoms with van der Waals surface area (Å²) >= 11 is 0. The van der Waals surface area contributed by atoms with Gasteiger partial charge in [0.1, 0.15) is 0 Å². The van der Waals surface area contributed by atoms with Gasteiger partial charge in [-0.15, -0.1) is 0 Å². The number of nitrogens with one attached hydrogen (secondary N) is 1. The van der Waals surface area contributed by atoms with Crippen molar-refractivity contribution in [1.29, 1.82) is 0 Å². The van der Waals surface area contributed by atoms with Crippen LogP contribution in [-0.4, -0.2) is 68.0 Å². The van der Waals surface area contributed by atoms with Crippen LogP contribution < -0.4 is 34.9 Å². The number of aliphatic hydroxyl groups excluding tert-OH is 2. The van der Waals surface area contributed by atoms with Crippen molar-refractivity contribution >= 4 is 10.1 Å². The Kier molecular flexibility index (Phi) is 28.6. The van der Waals surface area contributed by atoms with Gasteiger partial charge in [0.15, 0.2) is 0 Å². The van der Waals surface area contributed by atoms with E-state index in [2.05, 4.69) is 12.2 Å². The predicted octanol–water partition coefficient (Wildman–Crippen LogP) is -0.579. The van der Waals surface area contributed by atoms with E-state index in [0.717, 1.165) is 13.0 Å². The quantitative estimate of drug-likeness (QED) is 0.159. The third kappa shape index (κ3) is 34.3. The van der Waals surface area contributed by atoms with Gasteiger partial charge in [-0.3, -0.25) is 0 Å². The first-order valence-electron chi connectivity index (χ1n) is 10.2. The van der Waals surface area contributed by atoms with Crippen LogP contribution in [0.4, 0.5) is 0 Å². The summed E-state index contributed by atoms with van der Waals surface area (Å²) in [6.07, 6.45) is 12.0. The SMILES string of the molecule is CC(O)CS(=O)(=O)[O-].CCCCCCCCCCCCOCC(O)CNC.[Na+]. The Morgan fingerprint density at radius 2 is 1.43 bits per heavy atom. The minimum absolute atomic E-state index is 0. The molecule has 0 aliphatic rings. The van der Waals surface area contributed by atoms with Crippen LogP contribution in [0.5, 0.6) is 0 Å². The maximum atomic E-state index is 9.73. The summed E-state index contributed by atoms with van der Waals surface area (Å²) in [4.78, 5) is 0. The van der Waals surface area contributed by atoms with Gasteiger partial charge in [0, 0.05) is 13.2 Å². The van der Waals surface area contributed by atoms with Crippen LogP contribution in [0.25, 0.3) is 0 Å². The fourth-order valence-electron chi connectivity index (χ4n) is 2.50. The average Bonchev–Trinajstić information content (AvgIpc) is 2.54. The smallest absolute Gasteiger partial charge is 0.748 e. The zero-order valence-corrected chi connectivity index (χ0v) is 21.3. The van der Waals surface area contributed by atoms with Crippen LogP contribution in [0.1, 0.15) is 78.1 Å². The fourth-order valence-corrected chi connectivity index (χ4v) is 3.09. The molecule has 0 aromatic carbocycles. The Balaban J connectivity index is -0.000000587. The fraction of sp³-hybridized carbons (Fsp3) is 1.00. The number of rotatable bonds is 17. The first kappa shape index (κ1) is 33.4. The van der Waals surface area contributed by atoms with Gasteiger partial charge in [0.05, 0.1) is 34.7 Å². The van der Waals surface area contributed by atoms with Gasteiger partial charge in [-0.2, -0.15) is 0 Å². The van der Waals surface area contributed by atoms with E-state index < -0.39 is 22.0 Å². The summed E-state index contributed by atoms with van der Waals surface area (Å²) in [5, 5.41) is 20.7. The van der Waals surface area contributed by atoms with Crippen molar-refractivity contribution in [1.82, 2.24) is 5.32 Å². The van der Waals surface area contributed by atoms with Crippen molar-refractivity contribution in [3.63, 3.8) is 0 Å². The maximum Gasteiger partial charge on any atom is 1.00 e. The number of aliphatic hydroxyl groups is 2.